The molecule has 2 nitrogen and oxygen atoms in total. The molecule has 1 aliphatic rings. The van der Waals surface area contributed by atoms with Crippen molar-refractivity contribution in [2.75, 3.05) is 24.5 Å². The van der Waals surface area contributed by atoms with Gasteiger partial charge in [0.05, 0.1) is 0 Å². The summed E-state index contributed by atoms with van der Waals surface area (Å²) in [7, 11) is 0. The lowest BCUT2D eigenvalue weighted by Gasteiger charge is -2.34. The first-order chi connectivity index (χ1) is 9.13. The van der Waals surface area contributed by atoms with E-state index >= 15 is 0 Å². The van der Waals surface area contributed by atoms with Crippen molar-refractivity contribution < 1.29 is 4.39 Å². The van der Waals surface area contributed by atoms with Gasteiger partial charge in [0.15, 0.2) is 0 Å². The quantitative estimate of drug-likeness (QED) is 0.891. The lowest BCUT2D eigenvalue weighted by molar-refractivity contribution is 0.435. The number of nitrogens with zero attached hydrogens (tertiary/aromatic N) is 1. The highest BCUT2D eigenvalue weighted by atomic mass is 19.1. The van der Waals surface area contributed by atoms with Crippen molar-refractivity contribution in [3.63, 3.8) is 0 Å². The van der Waals surface area contributed by atoms with E-state index in [0.29, 0.717) is 0 Å². The van der Waals surface area contributed by atoms with Crippen LogP contribution in [-0.2, 0) is 0 Å². The molecular formula is C16H25FN2. The van der Waals surface area contributed by atoms with Gasteiger partial charge >= 0.3 is 0 Å². The van der Waals surface area contributed by atoms with Crippen molar-refractivity contribution in [3.8, 4) is 0 Å². The van der Waals surface area contributed by atoms with Crippen LogP contribution in [0, 0.1) is 11.7 Å². The van der Waals surface area contributed by atoms with E-state index in [0.717, 1.165) is 36.8 Å². The number of halogens is 1. The largest absolute Gasteiger partial charge is 0.371 e. The molecule has 1 heterocycles. The molecule has 1 aliphatic heterocycles. The van der Waals surface area contributed by atoms with Gasteiger partial charge in [0.2, 0.25) is 0 Å². The Morgan fingerprint density at radius 3 is 2.68 bits per heavy atom. The second-order valence-corrected chi connectivity index (χ2v) is 5.62. The van der Waals surface area contributed by atoms with Gasteiger partial charge < -0.3 is 10.2 Å². The molecule has 1 saturated heterocycles. The predicted octanol–water partition coefficient (Wildman–Crippen LogP) is 3.73. The fourth-order valence-electron chi connectivity index (χ4n) is 2.89. The normalized spacial score (nSPS) is 18.6. The molecule has 1 fully saturated rings. The molecule has 3 heteroatoms. The van der Waals surface area contributed by atoms with Gasteiger partial charge in [0.25, 0.3) is 0 Å². The summed E-state index contributed by atoms with van der Waals surface area (Å²) in [5.41, 5.74) is 1.89. The van der Waals surface area contributed by atoms with E-state index in [4.69, 9.17) is 0 Å². The standard InChI is InChI=1S/C16H25FN2/c1-4-18-13(3)16-14(17)6-5-7-15(16)19-10-8-12(2)9-11-19/h5-7,12-13,18H,4,8-11H2,1-3H3. The summed E-state index contributed by atoms with van der Waals surface area (Å²) in [6.45, 7) is 9.32. The molecule has 2 rings (SSSR count). The van der Waals surface area contributed by atoms with Gasteiger partial charge in [0, 0.05) is 30.4 Å². The van der Waals surface area contributed by atoms with Gasteiger partial charge in [-0.2, -0.15) is 0 Å². The van der Waals surface area contributed by atoms with E-state index in [-0.39, 0.29) is 11.9 Å². The smallest absolute Gasteiger partial charge is 0.130 e. The number of hydrogen-bond acceptors (Lipinski definition) is 2. The molecule has 1 N–H and O–H groups in total. The highest BCUT2D eigenvalue weighted by Crippen LogP contribution is 2.31. The molecule has 0 aliphatic carbocycles. The zero-order valence-electron chi connectivity index (χ0n) is 12.2. The Balaban J connectivity index is 2.26. The SMILES string of the molecule is CCNC(C)c1c(F)cccc1N1CCC(C)CC1. The Hall–Kier alpha value is -1.09. The van der Waals surface area contributed by atoms with Crippen LogP contribution in [0.25, 0.3) is 0 Å². The van der Waals surface area contributed by atoms with Crippen molar-refractivity contribution in [2.24, 2.45) is 5.92 Å². The lowest BCUT2D eigenvalue weighted by Crippen LogP contribution is -2.34. The summed E-state index contributed by atoms with van der Waals surface area (Å²) in [5, 5.41) is 3.32. The van der Waals surface area contributed by atoms with Crippen molar-refractivity contribution in [1.29, 1.82) is 0 Å². The first-order valence-corrected chi connectivity index (χ1v) is 7.40. The highest BCUT2D eigenvalue weighted by molar-refractivity contribution is 5.55. The molecule has 1 aromatic rings. The van der Waals surface area contributed by atoms with Gasteiger partial charge in [-0.25, -0.2) is 4.39 Å². The maximum atomic E-state index is 14.2. The van der Waals surface area contributed by atoms with Crippen LogP contribution in [-0.4, -0.2) is 19.6 Å². The van der Waals surface area contributed by atoms with Crippen LogP contribution in [0.2, 0.25) is 0 Å². The third kappa shape index (κ3) is 3.27. The van der Waals surface area contributed by atoms with E-state index < -0.39 is 0 Å². The summed E-state index contributed by atoms with van der Waals surface area (Å²) in [6, 6.07) is 5.51. The molecule has 0 amide bonds. The summed E-state index contributed by atoms with van der Waals surface area (Å²) in [4.78, 5) is 2.34. The van der Waals surface area contributed by atoms with E-state index in [2.05, 4.69) is 30.1 Å². The van der Waals surface area contributed by atoms with Crippen LogP contribution in [0.3, 0.4) is 0 Å². The number of piperidine rings is 1. The number of rotatable bonds is 4. The fraction of sp³-hybridized carbons (Fsp3) is 0.625. The Morgan fingerprint density at radius 2 is 2.05 bits per heavy atom. The summed E-state index contributed by atoms with van der Waals surface area (Å²) < 4.78 is 14.2. The molecule has 19 heavy (non-hydrogen) atoms. The highest BCUT2D eigenvalue weighted by Gasteiger charge is 2.22. The van der Waals surface area contributed by atoms with Gasteiger partial charge in [-0.3, -0.25) is 0 Å². The molecule has 0 saturated carbocycles. The third-order valence-electron chi connectivity index (χ3n) is 4.10. The van der Waals surface area contributed by atoms with E-state index in [9.17, 15) is 4.39 Å². The number of anilines is 1. The van der Waals surface area contributed by atoms with Gasteiger partial charge in [-0.1, -0.05) is 19.9 Å². The second-order valence-electron chi connectivity index (χ2n) is 5.62. The van der Waals surface area contributed by atoms with Crippen molar-refractivity contribution in [3.05, 3.63) is 29.6 Å². The van der Waals surface area contributed by atoms with Gasteiger partial charge in [-0.15, -0.1) is 0 Å². The minimum absolute atomic E-state index is 0.0561. The molecule has 106 valence electrons. The average Bonchev–Trinajstić information content (AvgIpc) is 2.39. The van der Waals surface area contributed by atoms with Crippen molar-refractivity contribution in [1.82, 2.24) is 5.32 Å². The molecule has 0 spiro atoms. The fourth-order valence-corrected chi connectivity index (χ4v) is 2.89. The second kappa shape index (κ2) is 6.38. The van der Waals surface area contributed by atoms with Gasteiger partial charge in [-0.05, 0) is 44.4 Å². The number of benzene rings is 1. The zero-order valence-corrected chi connectivity index (χ0v) is 12.2. The van der Waals surface area contributed by atoms with Crippen LogP contribution >= 0.6 is 0 Å². The average molecular weight is 264 g/mol. The topological polar surface area (TPSA) is 15.3 Å². The van der Waals surface area contributed by atoms with Crippen LogP contribution in [0.5, 0.6) is 0 Å². The molecule has 1 unspecified atom stereocenters. The maximum absolute atomic E-state index is 14.2. The maximum Gasteiger partial charge on any atom is 0.130 e. The number of nitrogens with one attached hydrogen (secondary N) is 1. The number of hydrogen-bond donors (Lipinski definition) is 1. The minimum atomic E-state index is -0.0930. The molecule has 1 atom stereocenters. The van der Waals surface area contributed by atoms with Crippen LogP contribution in [0.1, 0.15) is 45.2 Å². The van der Waals surface area contributed by atoms with Crippen molar-refractivity contribution in [2.45, 2.75) is 39.7 Å². The van der Waals surface area contributed by atoms with Crippen LogP contribution in [0.4, 0.5) is 10.1 Å². The van der Waals surface area contributed by atoms with Crippen LogP contribution in [0.15, 0.2) is 18.2 Å². The van der Waals surface area contributed by atoms with Crippen molar-refractivity contribution >= 4 is 5.69 Å². The molecule has 0 radical (unpaired) electrons. The third-order valence-corrected chi connectivity index (χ3v) is 4.10. The van der Waals surface area contributed by atoms with Crippen LogP contribution < -0.4 is 10.2 Å². The first kappa shape index (κ1) is 14.3. The predicted molar refractivity (Wildman–Crippen MR) is 79.1 cm³/mol. The molecule has 1 aromatic carbocycles. The summed E-state index contributed by atoms with van der Waals surface area (Å²) >= 11 is 0. The molecule has 0 aromatic heterocycles. The van der Waals surface area contributed by atoms with E-state index in [1.54, 1.807) is 6.07 Å². The Morgan fingerprint density at radius 1 is 1.37 bits per heavy atom. The Labute approximate surface area is 116 Å². The monoisotopic (exact) mass is 264 g/mol. The molecular weight excluding hydrogens is 239 g/mol. The summed E-state index contributed by atoms with van der Waals surface area (Å²) in [5.74, 6) is 0.698. The Bertz CT molecular complexity index is 411. The lowest BCUT2D eigenvalue weighted by atomic mass is 9.96. The summed E-state index contributed by atoms with van der Waals surface area (Å²) in [6.07, 6.45) is 2.40. The van der Waals surface area contributed by atoms with E-state index in [1.807, 2.05) is 13.0 Å². The van der Waals surface area contributed by atoms with Gasteiger partial charge in [0.1, 0.15) is 5.82 Å². The molecule has 0 bridgehead atoms. The Kier molecular flexibility index (Phi) is 4.81. The van der Waals surface area contributed by atoms with E-state index in [1.165, 1.54) is 12.8 Å². The minimum Gasteiger partial charge on any atom is -0.371 e. The zero-order chi connectivity index (χ0) is 13.8. The first-order valence-electron chi connectivity index (χ1n) is 7.40.